The fourth-order valence-electron chi connectivity index (χ4n) is 1.46. The standard InChI is InChI=1S/C14H23NO2/c1-10(2)16-9-14(15)12-5-7-13(8-6-12)17-11(3)4/h5-8,10-11,14H,9,15H2,1-4H3. The summed E-state index contributed by atoms with van der Waals surface area (Å²) in [6.45, 7) is 8.58. The molecule has 17 heavy (non-hydrogen) atoms. The van der Waals surface area contributed by atoms with Crippen molar-refractivity contribution in [1.82, 2.24) is 0 Å². The molecule has 96 valence electrons. The molecule has 0 spiro atoms. The monoisotopic (exact) mass is 237 g/mol. The van der Waals surface area contributed by atoms with E-state index < -0.39 is 0 Å². The molecule has 0 fully saturated rings. The van der Waals surface area contributed by atoms with Crippen LogP contribution in [0, 0.1) is 0 Å². The van der Waals surface area contributed by atoms with E-state index in [1.807, 2.05) is 52.0 Å². The molecule has 0 aliphatic heterocycles. The predicted octanol–water partition coefficient (Wildman–Crippen LogP) is 2.90. The molecule has 0 saturated carbocycles. The average Bonchev–Trinajstić information content (AvgIpc) is 2.26. The van der Waals surface area contributed by atoms with Crippen molar-refractivity contribution < 1.29 is 9.47 Å². The van der Waals surface area contributed by atoms with Crippen molar-refractivity contribution in [1.29, 1.82) is 0 Å². The first kappa shape index (κ1) is 14.0. The number of hydrogen-bond donors (Lipinski definition) is 1. The zero-order valence-electron chi connectivity index (χ0n) is 11.1. The van der Waals surface area contributed by atoms with E-state index in [2.05, 4.69) is 0 Å². The van der Waals surface area contributed by atoms with Gasteiger partial charge in [-0.05, 0) is 45.4 Å². The van der Waals surface area contributed by atoms with Gasteiger partial charge in [-0.3, -0.25) is 0 Å². The fraction of sp³-hybridized carbons (Fsp3) is 0.571. The Labute approximate surface area is 104 Å². The Morgan fingerprint density at radius 3 is 2.06 bits per heavy atom. The van der Waals surface area contributed by atoms with Crippen LogP contribution in [-0.4, -0.2) is 18.8 Å². The van der Waals surface area contributed by atoms with E-state index in [1.165, 1.54) is 0 Å². The zero-order chi connectivity index (χ0) is 12.8. The van der Waals surface area contributed by atoms with Gasteiger partial charge in [-0.25, -0.2) is 0 Å². The minimum absolute atomic E-state index is 0.0782. The molecular formula is C14H23NO2. The Morgan fingerprint density at radius 1 is 1.00 bits per heavy atom. The maximum absolute atomic E-state index is 6.03. The van der Waals surface area contributed by atoms with Gasteiger partial charge < -0.3 is 15.2 Å². The third kappa shape index (κ3) is 5.20. The molecule has 0 radical (unpaired) electrons. The molecule has 0 heterocycles. The van der Waals surface area contributed by atoms with Crippen LogP contribution in [0.15, 0.2) is 24.3 Å². The first-order valence-corrected chi connectivity index (χ1v) is 6.13. The van der Waals surface area contributed by atoms with Gasteiger partial charge in [-0.2, -0.15) is 0 Å². The molecule has 3 nitrogen and oxygen atoms in total. The molecule has 0 bridgehead atoms. The second-order valence-corrected chi connectivity index (χ2v) is 4.72. The van der Waals surface area contributed by atoms with Gasteiger partial charge in [0.15, 0.2) is 0 Å². The lowest BCUT2D eigenvalue weighted by Gasteiger charge is -2.15. The SMILES string of the molecule is CC(C)OCC(N)c1ccc(OC(C)C)cc1. The molecule has 1 atom stereocenters. The van der Waals surface area contributed by atoms with Crippen LogP contribution < -0.4 is 10.5 Å². The highest BCUT2D eigenvalue weighted by Crippen LogP contribution is 2.18. The Morgan fingerprint density at radius 2 is 1.59 bits per heavy atom. The molecular weight excluding hydrogens is 214 g/mol. The molecule has 1 aromatic carbocycles. The van der Waals surface area contributed by atoms with Gasteiger partial charge in [-0.1, -0.05) is 12.1 Å². The van der Waals surface area contributed by atoms with Gasteiger partial charge in [0.05, 0.1) is 24.9 Å². The molecule has 3 heteroatoms. The van der Waals surface area contributed by atoms with Gasteiger partial charge in [0.1, 0.15) is 5.75 Å². The zero-order valence-corrected chi connectivity index (χ0v) is 11.1. The summed E-state index contributed by atoms with van der Waals surface area (Å²) in [6, 6.07) is 7.80. The van der Waals surface area contributed by atoms with Crippen molar-refractivity contribution in [2.75, 3.05) is 6.61 Å². The normalized spacial score (nSPS) is 13.1. The van der Waals surface area contributed by atoms with Gasteiger partial charge in [0.2, 0.25) is 0 Å². The second kappa shape index (κ2) is 6.62. The van der Waals surface area contributed by atoms with Gasteiger partial charge in [-0.15, -0.1) is 0 Å². The van der Waals surface area contributed by atoms with Gasteiger partial charge in [0, 0.05) is 0 Å². The third-order valence-corrected chi connectivity index (χ3v) is 2.29. The molecule has 0 aromatic heterocycles. The lowest BCUT2D eigenvalue weighted by atomic mass is 10.1. The van der Waals surface area contributed by atoms with E-state index in [0.29, 0.717) is 6.61 Å². The summed E-state index contributed by atoms with van der Waals surface area (Å²) in [5.74, 6) is 0.876. The van der Waals surface area contributed by atoms with E-state index in [9.17, 15) is 0 Å². The van der Waals surface area contributed by atoms with Crippen molar-refractivity contribution in [2.45, 2.75) is 45.9 Å². The Balaban J connectivity index is 2.54. The number of benzene rings is 1. The van der Waals surface area contributed by atoms with E-state index in [4.69, 9.17) is 15.2 Å². The van der Waals surface area contributed by atoms with Crippen LogP contribution in [0.3, 0.4) is 0 Å². The Hall–Kier alpha value is -1.06. The largest absolute Gasteiger partial charge is 0.491 e. The quantitative estimate of drug-likeness (QED) is 0.827. The minimum atomic E-state index is -0.0782. The summed E-state index contributed by atoms with van der Waals surface area (Å²) in [5, 5.41) is 0. The fourth-order valence-corrected chi connectivity index (χ4v) is 1.46. The molecule has 1 aromatic rings. The summed E-state index contributed by atoms with van der Waals surface area (Å²) in [6.07, 6.45) is 0.406. The molecule has 1 rings (SSSR count). The third-order valence-electron chi connectivity index (χ3n) is 2.29. The van der Waals surface area contributed by atoms with Crippen LogP contribution in [0.1, 0.15) is 39.3 Å². The van der Waals surface area contributed by atoms with Crippen molar-refractivity contribution in [3.05, 3.63) is 29.8 Å². The van der Waals surface area contributed by atoms with Crippen LogP contribution in [0.2, 0.25) is 0 Å². The number of rotatable bonds is 6. The number of nitrogens with two attached hydrogens (primary N) is 1. The Kier molecular flexibility index (Phi) is 5.45. The molecule has 0 aliphatic carbocycles. The molecule has 1 unspecified atom stereocenters. The van der Waals surface area contributed by atoms with Crippen LogP contribution in [0.4, 0.5) is 0 Å². The Bertz CT molecular complexity index is 319. The average molecular weight is 237 g/mol. The van der Waals surface area contributed by atoms with E-state index in [0.717, 1.165) is 11.3 Å². The van der Waals surface area contributed by atoms with Crippen LogP contribution in [-0.2, 0) is 4.74 Å². The highest BCUT2D eigenvalue weighted by Gasteiger charge is 2.07. The van der Waals surface area contributed by atoms with Crippen LogP contribution in [0.25, 0.3) is 0 Å². The van der Waals surface area contributed by atoms with Crippen LogP contribution >= 0.6 is 0 Å². The summed E-state index contributed by atoms with van der Waals surface area (Å²) >= 11 is 0. The summed E-state index contributed by atoms with van der Waals surface area (Å²) in [4.78, 5) is 0. The minimum Gasteiger partial charge on any atom is -0.491 e. The highest BCUT2D eigenvalue weighted by molar-refractivity contribution is 5.29. The summed E-state index contributed by atoms with van der Waals surface area (Å²) in [5.41, 5.74) is 7.10. The number of ether oxygens (including phenoxy) is 2. The van der Waals surface area contributed by atoms with Crippen LogP contribution in [0.5, 0.6) is 5.75 Å². The lowest BCUT2D eigenvalue weighted by Crippen LogP contribution is -2.19. The molecule has 0 aliphatic rings. The number of hydrogen-bond acceptors (Lipinski definition) is 3. The summed E-state index contributed by atoms with van der Waals surface area (Å²) in [7, 11) is 0. The van der Waals surface area contributed by atoms with Crippen molar-refractivity contribution in [3.8, 4) is 5.75 Å². The van der Waals surface area contributed by atoms with Gasteiger partial charge >= 0.3 is 0 Å². The molecule has 0 amide bonds. The van der Waals surface area contributed by atoms with E-state index in [-0.39, 0.29) is 18.2 Å². The van der Waals surface area contributed by atoms with E-state index >= 15 is 0 Å². The van der Waals surface area contributed by atoms with Crippen molar-refractivity contribution in [2.24, 2.45) is 5.73 Å². The van der Waals surface area contributed by atoms with Gasteiger partial charge in [0.25, 0.3) is 0 Å². The first-order valence-electron chi connectivity index (χ1n) is 6.13. The molecule has 2 N–H and O–H groups in total. The predicted molar refractivity (Wildman–Crippen MR) is 70.2 cm³/mol. The smallest absolute Gasteiger partial charge is 0.119 e. The van der Waals surface area contributed by atoms with Crippen molar-refractivity contribution >= 4 is 0 Å². The molecule has 0 saturated heterocycles. The maximum Gasteiger partial charge on any atom is 0.119 e. The topological polar surface area (TPSA) is 44.5 Å². The van der Waals surface area contributed by atoms with Crippen molar-refractivity contribution in [3.63, 3.8) is 0 Å². The summed E-state index contributed by atoms with van der Waals surface area (Å²) < 4.78 is 11.1. The lowest BCUT2D eigenvalue weighted by molar-refractivity contribution is 0.0683. The second-order valence-electron chi connectivity index (χ2n) is 4.72. The van der Waals surface area contributed by atoms with E-state index in [1.54, 1.807) is 0 Å². The first-order chi connectivity index (χ1) is 7.99. The maximum atomic E-state index is 6.03. The highest BCUT2D eigenvalue weighted by atomic mass is 16.5.